The smallest absolute Gasteiger partial charge is 0.175 e. The van der Waals surface area contributed by atoms with Crippen molar-refractivity contribution in [1.82, 2.24) is 10.2 Å². The van der Waals surface area contributed by atoms with Gasteiger partial charge in [0.15, 0.2) is 10.3 Å². The fourth-order valence-electron chi connectivity index (χ4n) is 3.47. The van der Waals surface area contributed by atoms with Crippen molar-refractivity contribution in [2.24, 2.45) is 5.92 Å². The standard InChI is InChI=1S/C13H17Cl2N3/c14-12-8-11(13(15)17-16-12)18-7-3-5-9-4-1-2-6-10(9)18/h8-10H,1-7H2/t9-,10-/m1/s1. The number of nitrogens with zero attached hydrogens (tertiary/aromatic N) is 3. The molecule has 2 atom stereocenters. The van der Waals surface area contributed by atoms with Crippen LogP contribution in [-0.2, 0) is 0 Å². The molecule has 1 aromatic heterocycles. The molecule has 18 heavy (non-hydrogen) atoms. The molecule has 0 radical (unpaired) electrons. The quantitative estimate of drug-likeness (QED) is 0.783. The maximum Gasteiger partial charge on any atom is 0.175 e. The topological polar surface area (TPSA) is 29.0 Å². The molecule has 1 aromatic rings. The number of anilines is 1. The number of piperidine rings is 1. The lowest BCUT2D eigenvalue weighted by molar-refractivity contribution is 0.243. The van der Waals surface area contributed by atoms with Crippen molar-refractivity contribution in [3.63, 3.8) is 0 Å². The van der Waals surface area contributed by atoms with Crippen molar-refractivity contribution >= 4 is 28.9 Å². The van der Waals surface area contributed by atoms with Crippen molar-refractivity contribution in [3.05, 3.63) is 16.4 Å². The Morgan fingerprint density at radius 2 is 1.83 bits per heavy atom. The lowest BCUT2D eigenvalue weighted by Gasteiger charge is -2.45. The summed E-state index contributed by atoms with van der Waals surface area (Å²) in [5, 5.41) is 8.63. The zero-order valence-electron chi connectivity index (χ0n) is 10.3. The molecule has 0 aromatic carbocycles. The molecule has 3 rings (SSSR count). The summed E-state index contributed by atoms with van der Waals surface area (Å²) in [5.41, 5.74) is 0.966. The molecule has 2 heterocycles. The summed E-state index contributed by atoms with van der Waals surface area (Å²) < 4.78 is 0. The lowest BCUT2D eigenvalue weighted by atomic mass is 9.78. The predicted molar refractivity (Wildman–Crippen MR) is 74.4 cm³/mol. The Bertz CT molecular complexity index is 436. The van der Waals surface area contributed by atoms with Crippen LogP contribution in [0.1, 0.15) is 38.5 Å². The van der Waals surface area contributed by atoms with Gasteiger partial charge in [-0.1, -0.05) is 36.0 Å². The second kappa shape index (κ2) is 5.22. The van der Waals surface area contributed by atoms with Crippen LogP contribution in [0.2, 0.25) is 10.3 Å². The highest BCUT2D eigenvalue weighted by Gasteiger charge is 2.34. The summed E-state index contributed by atoms with van der Waals surface area (Å²) in [6, 6.07) is 2.47. The fraction of sp³-hybridized carbons (Fsp3) is 0.692. The maximum atomic E-state index is 6.19. The van der Waals surface area contributed by atoms with Crippen LogP contribution in [0, 0.1) is 5.92 Å². The Balaban J connectivity index is 1.91. The van der Waals surface area contributed by atoms with Crippen LogP contribution in [0.5, 0.6) is 0 Å². The van der Waals surface area contributed by atoms with Gasteiger partial charge in [-0.15, -0.1) is 10.2 Å². The van der Waals surface area contributed by atoms with Crippen molar-refractivity contribution < 1.29 is 0 Å². The minimum atomic E-state index is 0.423. The molecular weight excluding hydrogens is 269 g/mol. The van der Waals surface area contributed by atoms with E-state index in [1.807, 2.05) is 6.07 Å². The van der Waals surface area contributed by atoms with Crippen LogP contribution in [0.3, 0.4) is 0 Å². The van der Waals surface area contributed by atoms with E-state index in [0.717, 1.165) is 18.2 Å². The van der Waals surface area contributed by atoms with Gasteiger partial charge in [-0.25, -0.2) is 0 Å². The summed E-state index contributed by atoms with van der Waals surface area (Å²) in [7, 11) is 0. The second-order valence-electron chi connectivity index (χ2n) is 5.29. The van der Waals surface area contributed by atoms with E-state index in [1.165, 1.54) is 38.5 Å². The van der Waals surface area contributed by atoms with Gasteiger partial charge in [0, 0.05) is 18.7 Å². The molecule has 1 saturated heterocycles. The molecule has 0 spiro atoms. The first-order valence-electron chi connectivity index (χ1n) is 6.71. The zero-order valence-corrected chi connectivity index (χ0v) is 11.8. The number of fused-ring (bicyclic) bond motifs is 1. The first-order valence-corrected chi connectivity index (χ1v) is 7.46. The summed E-state index contributed by atoms with van der Waals surface area (Å²) in [4.78, 5) is 2.41. The molecule has 5 heteroatoms. The summed E-state index contributed by atoms with van der Waals surface area (Å²) in [6.45, 7) is 1.06. The van der Waals surface area contributed by atoms with Gasteiger partial charge in [0.1, 0.15) is 0 Å². The van der Waals surface area contributed by atoms with E-state index in [1.54, 1.807) is 0 Å². The highest BCUT2D eigenvalue weighted by atomic mass is 35.5. The molecule has 1 saturated carbocycles. The molecule has 2 fully saturated rings. The highest BCUT2D eigenvalue weighted by Crippen LogP contribution is 2.39. The molecule has 3 nitrogen and oxygen atoms in total. The van der Waals surface area contributed by atoms with Crippen molar-refractivity contribution in [1.29, 1.82) is 0 Å². The van der Waals surface area contributed by atoms with Gasteiger partial charge < -0.3 is 4.90 Å². The van der Waals surface area contributed by atoms with Crippen LogP contribution in [0.4, 0.5) is 5.69 Å². The van der Waals surface area contributed by atoms with Crippen LogP contribution in [0.15, 0.2) is 6.07 Å². The summed E-state index contributed by atoms with van der Waals surface area (Å²) >= 11 is 12.1. The molecular formula is C13H17Cl2N3. The third-order valence-corrected chi connectivity index (χ3v) is 4.71. The number of hydrogen-bond donors (Lipinski definition) is 0. The van der Waals surface area contributed by atoms with Gasteiger partial charge >= 0.3 is 0 Å². The fourth-order valence-corrected chi connectivity index (χ4v) is 3.81. The predicted octanol–water partition coefficient (Wildman–Crippen LogP) is 3.94. The molecule has 0 amide bonds. The molecule has 0 N–H and O–H groups in total. The molecule has 0 bridgehead atoms. The van der Waals surface area contributed by atoms with Crippen LogP contribution in [0.25, 0.3) is 0 Å². The van der Waals surface area contributed by atoms with E-state index < -0.39 is 0 Å². The minimum absolute atomic E-state index is 0.423. The number of hydrogen-bond acceptors (Lipinski definition) is 3. The molecule has 98 valence electrons. The Morgan fingerprint density at radius 1 is 1.06 bits per heavy atom. The molecule has 0 unspecified atom stereocenters. The van der Waals surface area contributed by atoms with E-state index in [2.05, 4.69) is 15.1 Å². The van der Waals surface area contributed by atoms with Crippen LogP contribution < -0.4 is 4.90 Å². The number of halogens is 2. The molecule has 2 aliphatic rings. The first kappa shape index (κ1) is 12.5. The van der Waals surface area contributed by atoms with Gasteiger partial charge in [0.2, 0.25) is 0 Å². The average Bonchev–Trinajstić information content (AvgIpc) is 2.41. The Labute approximate surface area is 117 Å². The number of aromatic nitrogens is 2. The first-order chi connectivity index (χ1) is 8.75. The van der Waals surface area contributed by atoms with E-state index in [9.17, 15) is 0 Å². The monoisotopic (exact) mass is 285 g/mol. The highest BCUT2D eigenvalue weighted by molar-refractivity contribution is 6.33. The minimum Gasteiger partial charge on any atom is -0.366 e. The largest absolute Gasteiger partial charge is 0.366 e. The van der Waals surface area contributed by atoms with E-state index in [4.69, 9.17) is 23.2 Å². The van der Waals surface area contributed by atoms with Crippen LogP contribution >= 0.6 is 23.2 Å². The van der Waals surface area contributed by atoms with Crippen molar-refractivity contribution in [2.75, 3.05) is 11.4 Å². The van der Waals surface area contributed by atoms with Crippen LogP contribution in [-0.4, -0.2) is 22.8 Å². The van der Waals surface area contributed by atoms with Gasteiger partial charge in [-0.3, -0.25) is 0 Å². The summed E-state index contributed by atoms with van der Waals surface area (Å²) in [6.07, 6.45) is 7.90. The number of rotatable bonds is 1. The Morgan fingerprint density at radius 3 is 2.72 bits per heavy atom. The zero-order chi connectivity index (χ0) is 12.5. The normalized spacial score (nSPS) is 28.0. The van der Waals surface area contributed by atoms with E-state index in [-0.39, 0.29) is 0 Å². The lowest BCUT2D eigenvalue weighted by Crippen LogP contribution is -2.47. The summed E-state index contributed by atoms with van der Waals surface area (Å²) in [5.74, 6) is 0.815. The second-order valence-corrected chi connectivity index (χ2v) is 6.04. The van der Waals surface area contributed by atoms with Crippen molar-refractivity contribution in [3.8, 4) is 0 Å². The van der Waals surface area contributed by atoms with Crippen molar-refractivity contribution in [2.45, 2.75) is 44.6 Å². The van der Waals surface area contributed by atoms with Gasteiger partial charge in [0.25, 0.3) is 0 Å². The van der Waals surface area contributed by atoms with E-state index in [0.29, 0.717) is 16.3 Å². The van der Waals surface area contributed by atoms with Gasteiger partial charge in [-0.05, 0) is 31.6 Å². The average molecular weight is 286 g/mol. The third kappa shape index (κ3) is 2.30. The Kier molecular flexibility index (Phi) is 3.62. The van der Waals surface area contributed by atoms with Gasteiger partial charge in [-0.2, -0.15) is 0 Å². The molecule has 1 aliphatic carbocycles. The maximum absolute atomic E-state index is 6.19. The van der Waals surface area contributed by atoms with Gasteiger partial charge in [0.05, 0.1) is 5.69 Å². The SMILES string of the molecule is Clc1cc(N2CCC[C@H]3CCCC[C@H]32)c(Cl)nn1. The molecule has 1 aliphatic heterocycles. The van der Waals surface area contributed by atoms with E-state index >= 15 is 0 Å². The third-order valence-electron chi connectivity index (χ3n) is 4.25. The Hall–Kier alpha value is -0.540.